The summed E-state index contributed by atoms with van der Waals surface area (Å²) < 4.78 is 5.34. The monoisotopic (exact) mass is 393 g/mol. The maximum atomic E-state index is 13.0. The van der Waals surface area contributed by atoms with E-state index in [0.29, 0.717) is 40.2 Å². The van der Waals surface area contributed by atoms with Gasteiger partial charge in [-0.3, -0.25) is 4.79 Å². The normalized spacial score (nSPS) is 11.1. The molecule has 7 heteroatoms. The van der Waals surface area contributed by atoms with E-state index in [2.05, 4.69) is 15.5 Å². The van der Waals surface area contributed by atoms with Gasteiger partial charge in [-0.05, 0) is 56.2 Å². The van der Waals surface area contributed by atoms with Crippen molar-refractivity contribution < 1.29 is 14.4 Å². The van der Waals surface area contributed by atoms with Crippen LogP contribution < -0.4 is 5.32 Å². The van der Waals surface area contributed by atoms with Crippen LogP contribution in [0, 0.1) is 13.8 Å². The molecular formula is C21H19N3O3S. The number of thiophene rings is 1. The van der Waals surface area contributed by atoms with Crippen molar-refractivity contribution in [2.45, 2.75) is 20.3 Å². The van der Waals surface area contributed by atoms with E-state index in [9.17, 15) is 4.79 Å². The number of pyridine rings is 1. The number of aliphatic hydroxyl groups excluding tert-OH is 1. The lowest BCUT2D eigenvalue weighted by atomic mass is 10.1. The molecule has 3 heterocycles. The molecule has 0 radical (unpaired) electrons. The molecular weight excluding hydrogens is 374 g/mol. The Hall–Kier alpha value is -3.03. The van der Waals surface area contributed by atoms with Crippen LogP contribution in [0.5, 0.6) is 0 Å². The van der Waals surface area contributed by atoms with E-state index in [4.69, 9.17) is 9.63 Å². The average Bonchev–Trinajstić information content (AvgIpc) is 3.29. The third-order valence-electron chi connectivity index (χ3n) is 4.47. The van der Waals surface area contributed by atoms with Gasteiger partial charge in [0.25, 0.3) is 11.6 Å². The highest BCUT2D eigenvalue weighted by Crippen LogP contribution is 2.31. The molecule has 2 N–H and O–H groups in total. The summed E-state index contributed by atoms with van der Waals surface area (Å²) in [5.74, 6) is -0.247. The number of amides is 1. The summed E-state index contributed by atoms with van der Waals surface area (Å²) in [5, 5.41) is 16.5. The van der Waals surface area contributed by atoms with Crippen LogP contribution in [0.4, 0.5) is 5.69 Å². The molecule has 28 heavy (non-hydrogen) atoms. The summed E-state index contributed by atoms with van der Waals surface area (Å²) in [5.41, 5.74) is 3.83. The van der Waals surface area contributed by atoms with Crippen molar-refractivity contribution in [2.24, 2.45) is 0 Å². The van der Waals surface area contributed by atoms with E-state index in [1.807, 2.05) is 43.3 Å². The smallest absolute Gasteiger partial charge is 0.259 e. The first-order chi connectivity index (χ1) is 13.5. The Morgan fingerprint density at radius 2 is 1.96 bits per heavy atom. The van der Waals surface area contributed by atoms with Crippen molar-refractivity contribution >= 4 is 34.0 Å². The lowest BCUT2D eigenvalue weighted by Gasteiger charge is -2.08. The van der Waals surface area contributed by atoms with Gasteiger partial charge in [0.2, 0.25) is 0 Å². The molecule has 0 atom stereocenters. The van der Waals surface area contributed by atoms with E-state index >= 15 is 0 Å². The third-order valence-corrected chi connectivity index (χ3v) is 5.49. The summed E-state index contributed by atoms with van der Waals surface area (Å²) >= 11 is 1.61. The fraction of sp³-hybridized carbons (Fsp3) is 0.190. The van der Waals surface area contributed by atoms with Gasteiger partial charge in [0.05, 0.1) is 27.2 Å². The van der Waals surface area contributed by atoms with Gasteiger partial charge in [-0.15, -0.1) is 11.3 Å². The highest BCUT2D eigenvalue weighted by Gasteiger charge is 2.20. The number of fused-ring (bicyclic) bond motifs is 1. The summed E-state index contributed by atoms with van der Waals surface area (Å²) in [6.07, 6.45) is 0.586. The third kappa shape index (κ3) is 3.54. The molecule has 0 spiro atoms. The van der Waals surface area contributed by atoms with Crippen LogP contribution in [0.1, 0.15) is 26.5 Å². The fourth-order valence-corrected chi connectivity index (χ4v) is 3.88. The van der Waals surface area contributed by atoms with E-state index in [-0.39, 0.29) is 12.5 Å². The Balaban J connectivity index is 1.71. The SMILES string of the molecule is Cc1ccc(-c2cc(C(=O)Nc3ccc(CCO)cc3)c3c(C)noc3n2)s1. The standard InChI is InChI=1S/C21H19N3O3S/c1-12-3-8-18(28-12)17-11-16(19-13(2)24-27-21(19)23-17)20(26)22-15-6-4-14(5-7-15)9-10-25/h3-8,11,25H,9-10H2,1-2H3,(H,22,26). The number of hydrogen-bond acceptors (Lipinski definition) is 6. The van der Waals surface area contributed by atoms with E-state index in [1.165, 1.54) is 4.88 Å². The molecule has 4 rings (SSSR count). The van der Waals surface area contributed by atoms with Gasteiger partial charge in [0.15, 0.2) is 0 Å². The van der Waals surface area contributed by atoms with Crippen LogP contribution >= 0.6 is 11.3 Å². The van der Waals surface area contributed by atoms with Gasteiger partial charge in [-0.1, -0.05) is 17.3 Å². The molecule has 0 aliphatic carbocycles. The fourth-order valence-electron chi connectivity index (χ4n) is 3.05. The van der Waals surface area contributed by atoms with Crippen LogP contribution in [-0.4, -0.2) is 27.8 Å². The number of carbonyl (C=O) groups is 1. The molecule has 142 valence electrons. The van der Waals surface area contributed by atoms with Gasteiger partial charge in [0.1, 0.15) is 0 Å². The lowest BCUT2D eigenvalue weighted by Crippen LogP contribution is -2.13. The number of nitrogens with zero attached hydrogens (tertiary/aromatic N) is 2. The molecule has 3 aromatic heterocycles. The minimum absolute atomic E-state index is 0.0957. The summed E-state index contributed by atoms with van der Waals surface area (Å²) in [6, 6.07) is 13.2. The average molecular weight is 393 g/mol. The zero-order valence-corrected chi connectivity index (χ0v) is 16.3. The van der Waals surface area contributed by atoms with Gasteiger partial charge >= 0.3 is 0 Å². The second-order valence-corrected chi connectivity index (χ2v) is 7.83. The van der Waals surface area contributed by atoms with Crippen molar-refractivity contribution in [1.29, 1.82) is 0 Å². The number of rotatable bonds is 5. The zero-order valence-electron chi connectivity index (χ0n) is 15.5. The van der Waals surface area contributed by atoms with E-state index < -0.39 is 0 Å². The van der Waals surface area contributed by atoms with Gasteiger partial charge in [-0.25, -0.2) is 4.98 Å². The molecule has 0 saturated heterocycles. The summed E-state index contributed by atoms with van der Waals surface area (Å²) in [4.78, 5) is 19.7. The molecule has 1 aromatic carbocycles. The molecule has 4 aromatic rings. The van der Waals surface area contributed by atoms with Crippen molar-refractivity contribution in [2.75, 3.05) is 11.9 Å². The lowest BCUT2D eigenvalue weighted by molar-refractivity contribution is 0.102. The van der Waals surface area contributed by atoms with Crippen LogP contribution in [0.2, 0.25) is 0 Å². The van der Waals surface area contributed by atoms with Crippen LogP contribution in [-0.2, 0) is 6.42 Å². The van der Waals surface area contributed by atoms with Crippen molar-refractivity contribution in [3.05, 3.63) is 64.2 Å². The van der Waals surface area contributed by atoms with Crippen molar-refractivity contribution in [1.82, 2.24) is 10.1 Å². The first-order valence-electron chi connectivity index (χ1n) is 8.90. The summed E-state index contributed by atoms with van der Waals surface area (Å²) in [7, 11) is 0. The number of aromatic nitrogens is 2. The topological polar surface area (TPSA) is 88.2 Å². The minimum atomic E-state index is -0.247. The maximum Gasteiger partial charge on any atom is 0.259 e. The highest BCUT2D eigenvalue weighted by atomic mass is 32.1. The number of nitrogens with one attached hydrogen (secondary N) is 1. The van der Waals surface area contributed by atoms with Crippen LogP contribution in [0.15, 0.2) is 47.0 Å². The van der Waals surface area contributed by atoms with Crippen molar-refractivity contribution in [3.63, 3.8) is 0 Å². The first kappa shape index (κ1) is 18.3. The molecule has 0 aliphatic heterocycles. The Labute approximate surface area is 165 Å². The predicted molar refractivity (Wildman–Crippen MR) is 110 cm³/mol. The molecule has 1 amide bonds. The zero-order chi connectivity index (χ0) is 19.7. The second-order valence-electron chi connectivity index (χ2n) is 6.54. The number of aliphatic hydroxyl groups is 1. The van der Waals surface area contributed by atoms with E-state index in [0.717, 1.165) is 10.4 Å². The Kier molecular flexibility index (Phi) is 4.93. The van der Waals surface area contributed by atoms with Crippen LogP contribution in [0.3, 0.4) is 0 Å². The minimum Gasteiger partial charge on any atom is -0.396 e. The van der Waals surface area contributed by atoms with Crippen molar-refractivity contribution in [3.8, 4) is 10.6 Å². The Morgan fingerprint density at radius 3 is 2.64 bits per heavy atom. The predicted octanol–water partition coefficient (Wildman–Crippen LogP) is 4.36. The molecule has 0 bridgehead atoms. The Morgan fingerprint density at radius 1 is 1.18 bits per heavy atom. The summed E-state index contributed by atoms with van der Waals surface area (Å²) in [6.45, 7) is 3.92. The van der Waals surface area contributed by atoms with Gasteiger partial charge in [-0.2, -0.15) is 0 Å². The largest absolute Gasteiger partial charge is 0.396 e. The highest BCUT2D eigenvalue weighted by molar-refractivity contribution is 7.15. The quantitative estimate of drug-likeness (QED) is 0.526. The number of anilines is 1. The van der Waals surface area contributed by atoms with Crippen LogP contribution in [0.25, 0.3) is 21.7 Å². The maximum absolute atomic E-state index is 13.0. The molecule has 0 aliphatic rings. The Bertz CT molecular complexity index is 1150. The van der Waals surface area contributed by atoms with Gasteiger partial charge in [0, 0.05) is 17.2 Å². The number of benzene rings is 1. The molecule has 0 saturated carbocycles. The van der Waals surface area contributed by atoms with Gasteiger partial charge < -0.3 is 14.9 Å². The molecule has 0 unspecified atom stereocenters. The number of carbonyl (C=O) groups excluding carboxylic acids is 1. The molecule has 0 fully saturated rings. The number of aryl methyl sites for hydroxylation is 2. The second kappa shape index (κ2) is 7.53. The first-order valence-corrected chi connectivity index (χ1v) is 9.72. The number of hydrogen-bond donors (Lipinski definition) is 2. The molecule has 6 nitrogen and oxygen atoms in total. The van der Waals surface area contributed by atoms with E-state index in [1.54, 1.807) is 24.3 Å².